The Morgan fingerprint density at radius 1 is 0.955 bits per heavy atom. The van der Waals surface area contributed by atoms with Gasteiger partial charge in [0.2, 0.25) is 0 Å². The molecule has 0 saturated heterocycles. The van der Waals surface area contributed by atoms with Crippen LogP contribution in [-0.4, -0.2) is 146 Å². The average Bonchev–Trinajstić information content (AvgIpc) is 2.06. The van der Waals surface area contributed by atoms with Gasteiger partial charge in [0, 0.05) is 103 Å². The molecule has 0 rings (SSSR count). The summed E-state index contributed by atoms with van der Waals surface area (Å²) in [6.45, 7) is 8.59. The summed E-state index contributed by atoms with van der Waals surface area (Å²) in [5, 5.41) is 0. The molecule has 0 aromatic rings. The van der Waals surface area contributed by atoms with Gasteiger partial charge in [-0.25, -0.2) is 0 Å². The molecule has 2 radical (unpaired) electrons. The fourth-order valence-electron chi connectivity index (χ4n) is 2.26. The molecule has 0 aromatic heterocycles. The molecule has 0 fully saturated rings. The van der Waals surface area contributed by atoms with Gasteiger partial charge < -0.3 is 19.6 Å². The Kier molecular flexibility index (Phi) is 17.7. The molecule has 0 heterocycles. The first kappa shape index (κ1) is 30.3. The van der Waals surface area contributed by atoms with E-state index in [1.165, 1.54) is 0 Å². The number of hydrogen-bond acceptors (Lipinski definition) is 3. The third-order valence-corrected chi connectivity index (χ3v) is 4.20. The Labute approximate surface area is 218 Å². The van der Waals surface area contributed by atoms with Crippen molar-refractivity contribution in [2.75, 3.05) is 19.1 Å². The number of hydrogen-bond donors (Lipinski definition) is 4. The zero-order chi connectivity index (χ0) is 16.2. The summed E-state index contributed by atoms with van der Waals surface area (Å²) in [6, 6.07) is 0. The third-order valence-electron chi connectivity index (χ3n) is 2.67. The minimum absolute atomic E-state index is 0. The zero-order valence-corrected chi connectivity index (χ0v) is 22.6. The van der Waals surface area contributed by atoms with E-state index in [1.54, 1.807) is 0 Å². The molecule has 11 heteroatoms. The maximum absolute atomic E-state index is 11.0. The van der Waals surface area contributed by atoms with Gasteiger partial charge in [-0.3, -0.25) is 14.0 Å². The van der Waals surface area contributed by atoms with E-state index < -0.39 is 27.8 Å². The second-order valence-electron chi connectivity index (χ2n) is 6.67. The minimum Gasteiger partial charge on any atom is -0.324 e. The molecule has 7 nitrogen and oxygen atoms in total. The molecule has 1 atom stereocenters. The van der Waals surface area contributed by atoms with Crippen LogP contribution in [0.2, 0.25) is 0 Å². The smallest absolute Gasteiger partial charge is 0.324 e. The van der Waals surface area contributed by atoms with Gasteiger partial charge in [0.1, 0.15) is 12.6 Å². The molecule has 0 aliphatic rings. The summed E-state index contributed by atoms with van der Waals surface area (Å²) >= 11 is 0. The molecule has 1 unspecified atom stereocenters. The largest absolute Gasteiger partial charge is 0.339 e. The van der Waals surface area contributed by atoms with Crippen LogP contribution in [0.4, 0.5) is 0 Å². The van der Waals surface area contributed by atoms with Crippen molar-refractivity contribution in [2.24, 2.45) is 11.3 Å². The predicted molar refractivity (Wildman–Crippen MR) is 89.9 cm³/mol. The first-order valence-electron chi connectivity index (χ1n) is 6.49. The Morgan fingerprint density at radius 3 is 1.59 bits per heavy atom. The van der Waals surface area contributed by atoms with Gasteiger partial charge >= 0.3 is 15.2 Å². The maximum atomic E-state index is 11.0. The van der Waals surface area contributed by atoms with E-state index in [1.807, 2.05) is 6.92 Å². The van der Waals surface area contributed by atoms with Crippen LogP contribution in [0.15, 0.2) is 0 Å². The van der Waals surface area contributed by atoms with E-state index in [4.69, 9.17) is 19.6 Å². The fraction of sp³-hybridized carbons (Fsp3) is 1.00. The van der Waals surface area contributed by atoms with Gasteiger partial charge in [0.25, 0.3) is 0 Å². The van der Waals surface area contributed by atoms with E-state index in [0.29, 0.717) is 12.3 Å². The predicted octanol–water partition coefficient (Wildman–Crippen LogP) is 1.26. The molecule has 22 heavy (non-hydrogen) atoms. The van der Waals surface area contributed by atoms with Crippen molar-refractivity contribution in [2.45, 2.75) is 40.5 Å². The second-order valence-corrected chi connectivity index (χ2v) is 9.89. The van der Waals surface area contributed by atoms with Crippen LogP contribution < -0.4 is 0 Å². The van der Waals surface area contributed by atoms with E-state index in [2.05, 4.69) is 20.8 Å². The second kappa shape index (κ2) is 12.8. The van der Waals surface area contributed by atoms with Gasteiger partial charge in [0.05, 0.1) is 0 Å². The van der Waals surface area contributed by atoms with Gasteiger partial charge in [-0.2, -0.15) is 0 Å². The first-order valence-corrected chi connectivity index (χ1v) is 10.1. The van der Waals surface area contributed by atoms with E-state index >= 15 is 0 Å². The Balaban J connectivity index is -0.00000180. The van der Waals surface area contributed by atoms with Crippen LogP contribution in [0.3, 0.4) is 0 Å². The molecule has 0 bridgehead atoms. The number of rotatable bonds is 8. The maximum Gasteiger partial charge on any atom is 0.339 e. The summed E-state index contributed by atoms with van der Waals surface area (Å²) in [7, 11) is -8.65. The standard InChI is InChI=1S/C11H27NO6P2.2K/c1-10(7-11(2,3)4)5-6-12(8-19(13,14)15)9-20(16,17)18;;/h10H,5-9H2,1-4H3,(H2,13,14,15)(H2,16,17,18);;. The summed E-state index contributed by atoms with van der Waals surface area (Å²) in [5.74, 6) is 0.311. The van der Waals surface area contributed by atoms with Crippen molar-refractivity contribution in [3.05, 3.63) is 0 Å². The average molecular weight is 409 g/mol. The van der Waals surface area contributed by atoms with Crippen LogP contribution in [0, 0.1) is 11.3 Å². The molecular formula is C11H27K2NO6P2. The molecule has 0 aliphatic heterocycles. The van der Waals surface area contributed by atoms with Crippen LogP contribution in [-0.2, 0) is 9.13 Å². The SMILES string of the molecule is CC(CCN(CP(=O)(O)O)CP(=O)(O)O)CC(C)(C)C.[K].[K]. The normalized spacial score (nSPS) is 14.2. The third kappa shape index (κ3) is 21.6. The number of nitrogens with zero attached hydrogens (tertiary/aromatic N) is 1. The van der Waals surface area contributed by atoms with Crippen LogP contribution >= 0.6 is 15.2 Å². The summed E-state index contributed by atoms with van der Waals surface area (Å²) in [5.41, 5.74) is 0.150. The summed E-state index contributed by atoms with van der Waals surface area (Å²) in [4.78, 5) is 37.0. The Hall–Kier alpha value is 3.53. The van der Waals surface area contributed by atoms with Crippen molar-refractivity contribution in [1.29, 1.82) is 0 Å². The Bertz CT molecular complexity index is 369. The molecule has 124 valence electrons. The molecule has 0 amide bonds. The van der Waals surface area contributed by atoms with Crippen LogP contribution in [0.5, 0.6) is 0 Å². The van der Waals surface area contributed by atoms with Crippen LogP contribution in [0.1, 0.15) is 40.5 Å². The minimum atomic E-state index is -4.33. The topological polar surface area (TPSA) is 118 Å². The van der Waals surface area contributed by atoms with Crippen molar-refractivity contribution < 1.29 is 28.7 Å². The molecule has 0 spiro atoms. The van der Waals surface area contributed by atoms with Crippen molar-refractivity contribution in [3.63, 3.8) is 0 Å². The molecule has 0 aromatic carbocycles. The van der Waals surface area contributed by atoms with Gasteiger partial charge in [0.15, 0.2) is 0 Å². The summed E-state index contributed by atoms with van der Waals surface area (Å²) < 4.78 is 22.0. The quantitative estimate of drug-likeness (QED) is 0.352. The van der Waals surface area contributed by atoms with E-state index in [9.17, 15) is 9.13 Å². The molecular weight excluding hydrogens is 382 g/mol. The van der Waals surface area contributed by atoms with Gasteiger partial charge in [-0.1, -0.05) is 27.7 Å². The van der Waals surface area contributed by atoms with Gasteiger partial charge in [-0.05, 0) is 30.7 Å². The monoisotopic (exact) mass is 409 g/mol. The fourth-order valence-corrected chi connectivity index (χ4v) is 3.94. The molecule has 4 N–H and O–H groups in total. The Morgan fingerprint density at radius 2 is 1.32 bits per heavy atom. The molecule has 0 aliphatic carbocycles. The van der Waals surface area contributed by atoms with Crippen LogP contribution in [0.25, 0.3) is 0 Å². The summed E-state index contributed by atoms with van der Waals surface area (Å²) in [6.07, 6.45) is 0.324. The molecule has 0 saturated carbocycles. The first-order chi connectivity index (χ1) is 8.68. The van der Waals surface area contributed by atoms with Crippen molar-refractivity contribution >= 4 is 118 Å². The van der Waals surface area contributed by atoms with Crippen molar-refractivity contribution in [1.82, 2.24) is 4.90 Å². The zero-order valence-electron chi connectivity index (χ0n) is 14.6. The van der Waals surface area contributed by atoms with Gasteiger partial charge in [-0.15, -0.1) is 0 Å². The van der Waals surface area contributed by atoms with Crippen molar-refractivity contribution in [3.8, 4) is 0 Å². The van der Waals surface area contributed by atoms with E-state index in [0.717, 1.165) is 11.3 Å². The van der Waals surface area contributed by atoms with E-state index in [-0.39, 0.29) is 115 Å².